The van der Waals surface area contributed by atoms with Crippen molar-refractivity contribution in [2.24, 2.45) is 0 Å². The van der Waals surface area contributed by atoms with Crippen LogP contribution in [-0.2, 0) is 5.41 Å². The van der Waals surface area contributed by atoms with Crippen LogP contribution in [0.15, 0.2) is 200 Å². The first-order valence-electron chi connectivity index (χ1n) is 23.9. The maximum absolute atomic E-state index is 9.74. The van der Waals surface area contributed by atoms with E-state index in [9.17, 15) is 16.4 Å². The fourth-order valence-electron chi connectivity index (χ4n) is 7.84. The molecule has 0 radical (unpaired) electrons. The molecule has 54 heavy (non-hydrogen) atoms. The van der Waals surface area contributed by atoms with E-state index in [1.165, 1.54) is 0 Å². The second kappa shape index (κ2) is 12.8. The summed E-state index contributed by atoms with van der Waals surface area (Å²) in [7, 11) is 0. The average molecular weight is 702 g/mol. The summed E-state index contributed by atoms with van der Waals surface area (Å²) in [6.45, 7) is 4.18. The molecule has 0 amide bonds. The molecule has 0 spiro atoms. The van der Waals surface area contributed by atoms with Gasteiger partial charge < -0.3 is 4.90 Å². The Morgan fingerprint density at radius 2 is 0.741 bits per heavy atom. The van der Waals surface area contributed by atoms with Crippen molar-refractivity contribution >= 4 is 38.6 Å². The molecule has 0 fully saturated rings. The number of fused-ring (bicyclic) bond motifs is 5. The molecule has 1 heteroatoms. The van der Waals surface area contributed by atoms with E-state index >= 15 is 0 Å². The molecule has 0 unspecified atom stereocenters. The van der Waals surface area contributed by atoms with Crippen molar-refractivity contribution in [3.05, 3.63) is 211 Å². The van der Waals surface area contributed by atoms with E-state index in [0.717, 1.165) is 37.9 Å². The van der Waals surface area contributed by atoms with Crippen LogP contribution in [-0.4, -0.2) is 0 Å². The molecule has 0 atom stereocenters. The molecule has 0 N–H and O–H groups in total. The lowest BCUT2D eigenvalue weighted by Crippen LogP contribution is -2.14. The van der Waals surface area contributed by atoms with Crippen molar-refractivity contribution in [3.8, 4) is 44.5 Å². The second-order valence-electron chi connectivity index (χ2n) is 14.0. The summed E-state index contributed by atoms with van der Waals surface area (Å²) in [5, 5.41) is 2.94. The molecule has 256 valence electrons. The molecular formula is C53H39N. The average Bonchev–Trinajstić information content (AvgIpc) is 3.56. The SMILES string of the molecule is [2H]c1c([2H])c(N(c2c([2H])c([2H])c(-c3cccc4ccccc34)c([2H])c2[2H])c2c([2H])c([2H])c(-c3cccc4ccccc34)c([2H])c2[2H])c([2H])c([2H])c1-c1cccc2c1-c1ccccc1C2(C)C. The highest BCUT2D eigenvalue weighted by molar-refractivity contribution is 5.98. The van der Waals surface area contributed by atoms with Gasteiger partial charge in [0.1, 0.15) is 0 Å². The number of rotatable bonds is 6. The van der Waals surface area contributed by atoms with Crippen molar-refractivity contribution in [3.63, 3.8) is 0 Å². The van der Waals surface area contributed by atoms with Crippen molar-refractivity contribution in [2.75, 3.05) is 4.90 Å². The molecule has 10 rings (SSSR count). The van der Waals surface area contributed by atoms with E-state index in [0.29, 0.717) is 27.5 Å². The predicted octanol–water partition coefficient (Wildman–Crippen LogP) is 14.8. The van der Waals surface area contributed by atoms with Crippen LogP contribution in [0.2, 0.25) is 0 Å². The van der Waals surface area contributed by atoms with Gasteiger partial charge in [0.25, 0.3) is 0 Å². The minimum Gasteiger partial charge on any atom is -0.311 e. The van der Waals surface area contributed by atoms with Gasteiger partial charge in [0.15, 0.2) is 0 Å². The molecule has 0 aromatic heterocycles. The van der Waals surface area contributed by atoms with Crippen LogP contribution in [0, 0.1) is 0 Å². The number of hydrogen-bond acceptors (Lipinski definition) is 1. The first-order valence-corrected chi connectivity index (χ1v) is 17.9. The third-order valence-corrected chi connectivity index (χ3v) is 10.5. The molecule has 0 saturated heterocycles. The lowest BCUT2D eigenvalue weighted by Gasteiger charge is -2.26. The summed E-state index contributed by atoms with van der Waals surface area (Å²) < 4.78 is 115. The monoisotopic (exact) mass is 701 g/mol. The highest BCUT2D eigenvalue weighted by Crippen LogP contribution is 2.52. The van der Waals surface area contributed by atoms with Crippen LogP contribution in [0.5, 0.6) is 0 Å². The van der Waals surface area contributed by atoms with Gasteiger partial charge in [0.05, 0.1) is 16.4 Å². The molecule has 0 heterocycles. The first-order chi connectivity index (χ1) is 31.6. The Hall–Kier alpha value is -6.70. The fourth-order valence-corrected chi connectivity index (χ4v) is 7.84. The molecule has 1 nitrogen and oxygen atoms in total. The Kier molecular flexibility index (Phi) is 5.14. The number of hydrogen-bond donors (Lipinski definition) is 0. The topological polar surface area (TPSA) is 3.24 Å². The van der Waals surface area contributed by atoms with Crippen molar-refractivity contribution in [1.29, 1.82) is 0 Å². The summed E-state index contributed by atoms with van der Waals surface area (Å²) >= 11 is 0. The second-order valence-corrected chi connectivity index (χ2v) is 14.0. The fraction of sp³-hybridized carbons (Fsp3) is 0.0566. The first kappa shape index (κ1) is 21.7. The number of anilines is 3. The van der Waals surface area contributed by atoms with Gasteiger partial charge in [-0.2, -0.15) is 0 Å². The van der Waals surface area contributed by atoms with Gasteiger partial charge in [-0.3, -0.25) is 0 Å². The molecule has 0 aliphatic heterocycles. The summed E-state index contributed by atoms with van der Waals surface area (Å²) in [4.78, 5) is 0.875. The van der Waals surface area contributed by atoms with E-state index in [1.807, 2.05) is 84.9 Å². The van der Waals surface area contributed by atoms with E-state index < -0.39 is 95.0 Å². The predicted molar refractivity (Wildman–Crippen MR) is 230 cm³/mol. The lowest BCUT2D eigenvalue weighted by atomic mass is 9.82. The maximum atomic E-state index is 9.74. The van der Waals surface area contributed by atoms with Crippen molar-refractivity contribution < 1.29 is 16.4 Å². The third kappa shape index (κ3) is 5.24. The smallest absolute Gasteiger partial charge is 0.0645 e. The van der Waals surface area contributed by atoms with Crippen molar-refractivity contribution in [2.45, 2.75) is 19.3 Å². The third-order valence-electron chi connectivity index (χ3n) is 10.5. The molecule has 1 aliphatic rings. The Morgan fingerprint density at radius 1 is 0.370 bits per heavy atom. The number of benzene rings is 9. The largest absolute Gasteiger partial charge is 0.311 e. The van der Waals surface area contributed by atoms with E-state index in [-0.39, 0.29) is 16.7 Å². The standard InChI is InChI=1S/C53H39N/c1-53(2)50-22-8-7-18-49(50)52-48(21-11-23-51(52)53)40-28-34-43(35-29-40)54(41-30-24-38(25-31-41)46-19-9-14-36-12-3-5-16-44(36)46)42-32-26-39(27-33-42)47-20-10-15-37-13-4-6-17-45(37)47/h3-35H,1-2H3/i24D,25D,26D,27D,28D,29D,30D,31D,32D,33D,34D,35D. The zero-order valence-electron chi connectivity index (χ0n) is 41.6. The Balaban J connectivity index is 1.29. The molecule has 1 aliphatic carbocycles. The molecule has 0 bridgehead atoms. The number of nitrogens with zero attached hydrogens (tertiary/aromatic N) is 1. The summed E-state index contributed by atoms with van der Waals surface area (Å²) in [6.07, 6.45) is 0. The molecule has 0 saturated carbocycles. The Morgan fingerprint density at radius 3 is 1.28 bits per heavy atom. The zero-order valence-corrected chi connectivity index (χ0v) is 29.6. The van der Waals surface area contributed by atoms with Crippen LogP contribution in [0.1, 0.15) is 41.4 Å². The summed E-state index contributed by atoms with van der Waals surface area (Å²) in [6, 6.07) is 31.8. The Labute approximate surface area is 334 Å². The van der Waals surface area contributed by atoms with E-state index in [2.05, 4.69) is 13.8 Å². The van der Waals surface area contributed by atoms with Crippen LogP contribution >= 0.6 is 0 Å². The summed E-state index contributed by atoms with van der Waals surface area (Å²) in [5.74, 6) is 0. The molecular weight excluding hydrogens is 651 g/mol. The van der Waals surface area contributed by atoms with Crippen LogP contribution in [0.25, 0.3) is 66.1 Å². The van der Waals surface area contributed by atoms with Gasteiger partial charge in [-0.1, -0.05) is 177 Å². The van der Waals surface area contributed by atoms with Gasteiger partial charge >= 0.3 is 0 Å². The van der Waals surface area contributed by atoms with Crippen LogP contribution < -0.4 is 4.90 Å². The quantitative estimate of drug-likeness (QED) is 0.167. The minimum atomic E-state index is -0.658. The van der Waals surface area contributed by atoms with Gasteiger partial charge in [0, 0.05) is 22.5 Å². The van der Waals surface area contributed by atoms with Gasteiger partial charge in [-0.15, -0.1) is 0 Å². The molecule has 9 aromatic rings. The van der Waals surface area contributed by atoms with Gasteiger partial charge in [-0.25, -0.2) is 0 Å². The van der Waals surface area contributed by atoms with Gasteiger partial charge in [-0.05, 0) is 113 Å². The highest BCUT2D eigenvalue weighted by Gasteiger charge is 2.36. The van der Waals surface area contributed by atoms with Gasteiger partial charge in [0.2, 0.25) is 0 Å². The Bertz CT molecular complexity index is 3320. The highest BCUT2D eigenvalue weighted by atomic mass is 15.1. The minimum absolute atomic E-state index is 0.0187. The van der Waals surface area contributed by atoms with E-state index in [4.69, 9.17) is 0 Å². The van der Waals surface area contributed by atoms with E-state index in [1.54, 1.807) is 42.5 Å². The summed E-state index contributed by atoms with van der Waals surface area (Å²) in [5.41, 5.74) is 2.67. The molecule has 9 aromatic carbocycles. The lowest BCUT2D eigenvalue weighted by molar-refractivity contribution is 0.660. The normalized spacial score (nSPS) is 15.9. The maximum Gasteiger partial charge on any atom is 0.0645 e. The van der Waals surface area contributed by atoms with Crippen molar-refractivity contribution in [1.82, 2.24) is 0 Å². The van der Waals surface area contributed by atoms with Crippen LogP contribution in [0.3, 0.4) is 0 Å². The van der Waals surface area contributed by atoms with Crippen LogP contribution in [0.4, 0.5) is 17.1 Å². The zero-order chi connectivity index (χ0) is 46.7.